The van der Waals surface area contributed by atoms with Gasteiger partial charge in [0.25, 0.3) is 0 Å². The number of likely N-dealkylation sites (N-methyl/N-ethyl adjacent to an activating group) is 1. The number of hydrogen-bond donors (Lipinski definition) is 2. The Balaban J connectivity index is 2.92. The maximum absolute atomic E-state index is 11.6. The second-order valence-electron chi connectivity index (χ2n) is 4.81. The molecule has 0 aliphatic heterocycles. The third-order valence-electron chi connectivity index (χ3n) is 3.23. The first-order valence-electron chi connectivity index (χ1n) is 6.83. The minimum Gasteiger partial charge on any atom is -0.358 e. The zero-order valence-electron chi connectivity index (χ0n) is 12.1. The van der Waals surface area contributed by atoms with Gasteiger partial charge in [-0.15, -0.1) is 0 Å². The zero-order chi connectivity index (χ0) is 14.3. The third kappa shape index (κ3) is 4.65. The monoisotopic (exact) mass is 263 g/mol. The number of nitrogens with zero attached hydrogens (tertiary/aromatic N) is 1. The molecule has 0 aromatic heterocycles. The first kappa shape index (κ1) is 15.7. The van der Waals surface area contributed by atoms with E-state index in [1.54, 1.807) is 7.05 Å². The van der Waals surface area contributed by atoms with E-state index in [0.29, 0.717) is 13.1 Å². The first-order chi connectivity index (χ1) is 9.12. The number of aryl methyl sites for hydroxylation is 1. The van der Waals surface area contributed by atoms with Gasteiger partial charge >= 0.3 is 0 Å². The number of carbonyl (C=O) groups excluding carboxylic acids is 1. The van der Waals surface area contributed by atoms with Gasteiger partial charge in [-0.3, -0.25) is 9.69 Å². The summed E-state index contributed by atoms with van der Waals surface area (Å²) >= 11 is 0. The molecule has 106 valence electrons. The lowest BCUT2D eigenvalue weighted by Crippen LogP contribution is -2.41. The van der Waals surface area contributed by atoms with E-state index in [9.17, 15) is 4.79 Å². The van der Waals surface area contributed by atoms with Crippen molar-refractivity contribution in [1.29, 1.82) is 0 Å². The van der Waals surface area contributed by atoms with Crippen LogP contribution in [0.25, 0.3) is 0 Å². The maximum atomic E-state index is 11.6. The van der Waals surface area contributed by atoms with Crippen LogP contribution in [0.4, 0.5) is 0 Å². The molecular weight excluding hydrogens is 238 g/mol. The summed E-state index contributed by atoms with van der Waals surface area (Å²) in [5.74, 6) is 0.0274. The van der Waals surface area contributed by atoms with Crippen molar-refractivity contribution in [2.45, 2.75) is 26.3 Å². The Bertz CT molecular complexity index is 406. The highest BCUT2D eigenvalue weighted by molar-refractivity contribution is 5.77. The standard InChI is InChI=1S/C15H25N3O/c1-4-8-18(11-15(19)17-3)14(10-16)13-7-5-6-12(2)9-13/h5-7,9,14H,4,8,10-11,16H2,1-3H3,(H,17,19). The number of hydrogen-bond acceptors (Lipinski definition) is 3. The fourth-order valence-corrected chi connectivity index (χ4v) is 2.27. The van der Waals surface area contributed by atoms with Crippen LogP contribution in [0.5, 0.6) is 0 Å². The van der Waals surface area contributed by atoms with Crippen molar-refractivity contribution >= 4 is 5.91 Å². The molecule has 1 rings (SSSR count). The van der Waals surface area contributed by atoms with Gasteiger partial charge < -0.3 is 11.1 Å². The summed E-state index contributed by atoms with van der Waals surface area (Å²) in [6.45, 7) is 5.95. The van der Waals surface area contributed by atoms with E-state index in [4.69, 9.17) is 5.73 Å². The molecule has 1 unspecified atom stereocenters. The Labute approximate surface area is 116 Å². The minimum absolute atomic E-state index is 0.0274. The summed E-state index contributed by atoms with van der Waals surface area (Å²) in [4.78, 5) is 13.8. The topological polar surface area (TPSA) is 58.4 Å². The summed E-state index contributed by atoms with van der Waals surface area (Å²) in [6, 6.07) is 8.43. The molecule has 4 nitrogen and oxygen atoms in total. The maximum Gasteiger partial charge on any atom is 0.233 e. The second-order valence-corrected chi connectivity index (χ2v) is 4.81. The molecule has 0 saturated carbocycles. The summed E-state index contributed by atoms with van der Waals surface area (Å²) in [5, 5.41) is 2.67. The summed E-state index contributed by atoms with van der Waals surface area (Å²) < 4.78 is 0. The predicted octanol–water partition coefficient (Wildman–Crippen LogP) is 1.45. The summed E-state index contributed by atoms with van der Waals surface area (Å²) in [6.07, 6.45) is 0.999. The van der Waals surface area contributed by atoms with E-state index in [0.717, 1.165) is 13.0 Å². The highest BCUT2D eigenvalue weighted by Gasteiger charge is 2.20. The number of rotatable bonds is 7. The van der Waals surface area contributed by atoms with Crippen LogP contribution in [-0.2, 0) is 4.79 Å². The molecule has 3 N–H and O–H groups in total. The van der Waals surface area contributed by atoms with Gasteiger partial charge in [0.1, 0.15) is 0 Å². The Kier molecular flexibility index (Phi) is 6.53. The van der Waals surface area contributed by atoms with Crippen molar-refractivity contribution in [3.05, 3.63) is 35.4 Å². The molecule has 0 fully saturated rings. The molecule has 0 spiro atoms. The third-order valence-corrected chi connectivity index (χ3v) is 3.23. The quantitative estimate of drug-likeness (QED) is 0.783. The molecule has 19 heavy (non-hydrogen) atoms. The van der Waals surface area contributed by atoms with Gasteiger partial charge in [0.2, 0.25) is 5.91 Å². The molecule has 0 heterocycles. The van der Waals surface area contributed by atoms with Crippen LogP contribution in [0.1, 0.15) is 30.5 Å². The number of nitrogens with one attached hydrogen (secondary N) is 1. The Morgan fingerprint density at radius 2 is 2.21 bits per heavy atom. The minimum atomic E-state index is 0.0274. The number of amides is 1. The molecule has 0 radical (unpaired) electrons. The van der Waals surface area contributed by atoms with Gasteiger partial charge in [-0.25, -0.2) is 0 Å². The average molecular weight is 263 g/mol. The lowest BCUT2D eigenvalue weighted by Gasteiger charge is -2.30. The van der Waals surface area contributed by atoms with Crippen molar-refractivity contribution in [2.75, 3.05) is 26.7 Å². The number of nitrogens with two attached hydrogens (primary N) is 1. The lowest BCUT2D eigenvalue weighted by molar-refractivity contribution is -0.122. The van der Waals surface area contributed by atoms with Gasteiger partial charge in [-0.2, -0.15) is 0 Å². The Morgan fingerprint density at radius 1 is 1.47 bits per heavy atom. The van der Waals surface area contributed by atoms with Gasteiger partial charge in [0, 0.05) is 19.6 Å². The lowest BCUT2D eigenvalue weighted by atomic mass is 10.0. The molecule has 1 amide bonds. The predicted molar refractivity (Wildman–Crippen MR) is 78.9 cm³/mol. The van der Waals surface area contributed by atoms with E-state index in [1.165, 1.54) is 11.1 Å². The molecule has 0 aliphatic rings. The highest BCUT2D eigenvalue weighted by atomic mass is 16.1. The summed E-state index contributed by atoms with van der Waals surface area (Å²) in [7, 11) is 1.66. The molecule has 0 saturated heterocycles. The molecule has 0 bridgehead atoms. The SMILES string of the molecule is CCCN(CC(=O)NC)C(CN)c1cccc(C)c1. The molecule has 4 heteroatoms. The smallest absolute Gasteiger partial charge is 0.233 e. The van der Waals surface area contributed by atoms with E-state index >= 15 is 0 Å². The van der Waals surface area contributed by atoms with Gasteiger partial charge in [0.05, 0.1) is 6.54 Å². The fourth-order valence-electron chi connectivity index (χ4n) is 2.27. The molecule has 0 aliphatic carbocycles. The molecule has 1 aromatic rings. The van der Waals surface area contributed by atoms with Gasteiger partial charge in [0.15, 0.2) is 0 Å². The van der Waals surface area contributed by atoms with Crippen LogP contribution in [-0.4, -0.2) is 37.5 Å². The Hall–Kier alpha value is -1.39. The van der Waals surface area contributed by atoms with Gasteiger partial charge in [-0.1, -0.05) is 36.8 Å². The average Bonchev–Trinajstić information content (AvgIpc) is 2.39. The van der Waals surface area contributed by atoms with E-state index < -0.39 is 0 Å². The fraction of sp³-hybridized carbons (Fsp3) is 0.533. The van der Waals surface area contributed by atoms with Crippen molar-refractivity contribution < 1.29 is 4.79 Å². The normalized spacial score (nSPS) is 12.5. The second kappa shape index (κ2) is 7.92. The molecular formula is C15H25N3O. The first-order valence-corrected chi connectivity index (χ1v) is 6.83. The van der Waals surface area contributed by atoms with Crippen LogP contribution >= 0.6 is 0 Å². The van der Waals surface area contributed by atoms with Crippen LogP contribution in [0.3, 0.4) is 0 Å². The van der Waals surface area contributed by atoms with Crippen LogP contribution in [0.15, 0.2) is 24.3 Å². The van der Waals surface area contributed by atoms with Crippen molar-refractivity contribution in [3.8, 4) is 0 Å². The molecule has 1 aromatic carbocycles. The highest BCUT2D eigenvalue weighted by Crippen LogP contribution is 2.20. The van der Waals surface area contributed by atoms with Crippen LogP contribution in [0.2, 0.25) is 0 Å². The van der Waals surface area contributed by atoms with Crippen LogP contribution in [0, 0.1) is 6.92 Å². The van der Waals surface area contributed by atoms with E-state index in [2.05, 4.69) is 42.3 Å². The Morgan fingerprint density at radius 3 is 2.74 bits per heavy atom. The van der Waals surface area contributed by atoms with Crippen molar-refractivity contribution in [2.24, 2.45) is 5.73 Å². The van der Waals surface area contributed by atoms with E-state index in [-0.39, 0.29) is 11.9 Å². The number of benzene rings is 1. The summed E-state index contributed by atoms with van der Waals surface area (Å²) in [5.41, 5.74) is 8.33. The van der Waals surface area contributed by atoms with Gasteiger partial charge in [-0.05, 0) is 25.5 Å². The number of carbonyl (C=O) groups is 1. The van der Waals surface area contributed by atoms with E-state index in [1.807, 2.05) is 6.07 Å². The molecule has 1 atom stereocenters. The van der Waals surface area contributed by atoms with Crippen molar-refractivity contribution in [3.63, 3.8) is 0 Å². The zero-order valence-corrected chi connectivity index (χ0v) is 12.1. The van der Waals surface area contributed by atoms with Crippen molar-refractivity contribution in [1.82, 2.24) is 10.2 Å². The largest absolute Gasteiger partial charge is 0.358 e. The van der Waals surface area contributed by atoms with Crippen LogP contribution < -0.4 is 11.1 Å².